The number of fused-ring (bicyclic) bond motifs is 1. The first-order valence-corrected chi connectivity index (χ1v) is 8.54. The van der Waals surface area contributed by atoms with Crippen molar-refractivity contribution >= 4 is 11.8 Å². The van der Waals surface area contributed by atoms with E-state index in [4.69, 9.17) is 0 Å². The standard InChI is InChI=1S/C16H25NS/c1-13(17-10-5-11-18-2)15-9-8-14-6-3-4-7-16(14)12-15/h8-9,12-13,17H,3-7,10-11H2,1-2H3. The number of benzene rings is 1. The van der Waals surface area contributed by atoms with Crippen LogP contribution in [0.25, 0.3) is 0 Å². The lowest BCUT2D eigenvalue weighted by Crippen LogP contribution is -2.20. The summed E-state index contributed by atoms with van der Waals surface area (Å²) in [6.07, 6.45) is 8.73. The van der Waals surface area contributed by atoms with E-state index >= 15 is 0 Å². The van der Waals surface area contributed by atoms with E-state index in [0.717, 1.165) is 6.54 Å². The molecule has 0 fully saturated rings. The molecule has 100 valence electrons. The molecule has 1 aliphatic carbocycles. The Bertz CT molecular complexity index is 375. The van der Waals surface area contributed by atoms with Gasteiger partial charge in [0.25, 0.3) is 0 Å². The van der Waals surface area contributed by atoms with Crippen LogP contribution in [0, 0.1) is 0 Å². The van der Waals surface area contributed by atoms with Crippen molar-refractivity contribution in [2.24, 2.45) is 0 Å². The van der Waals surface area contributed by atoms with Crippen LogP contribution in [0.4, 0.5) is 0 Å². The van der Waals surface area contributed by atoms with Crippen LogP contribution in [0.5, 0.6) is 0 Å². The number of nitrogens with one attached hydrogen (secondary N) is 1. The molecule has 0 amide bonds. The van der Waals surface area contributed by atoms with E-state index in [9.17, 15) is 0 Å². The lowest BCUT2D eigenvalue weighted by molar-refractivity contribution is 0.570. The van der Waals surface area contributed by atoms with Crippen molar-refractivity contribution in [3.63, 3.8) is 0 Å². The summed E-state index contributed by atoms with van der Waals surface area (Å²) in [5, 5.41) is 3.63. The number of aryl methyl sites for hydroxylation is 2. The normalized spacial score (nSPS) is 16.3. The van der Waals surface area contributed by atoms with E-state index < -0.39 is 0 Å². The number of thioether (sulfide) groups is 1. The third-order valence-corrected chi connectivity index (χ3v) is 4.55. The van der Waals surface area contributed by atoms with E-state index in [-0.39, 0.29) is 0 Å². The third-order valence-electron chi connectivity index (χ3n) is 3.85. The van der Waals surface area contributed by atoms with Crippen LogP contribution in [0.3, 0.4) is 0 Å². The average Bonchev–Trinajstić information content (AvgIpc) is 2.43. The van der Waals surface area contributed by atoms with Crippen molar-refractivity contribution in [2.75, 3.05) is 18.6 Å². The number of hydrogen-bond acceptors (Lipinski definition) is 2. The van der Waals surface area contributed by atoms with Crippen molar-refractivity contribution in [1.29, 1.82) is 0 Å². The van der Waals surface area contributed by atoms with Gasteiger partial charge in [0.2, 0.25) is 0 Å². The zero-order valence-corrected chi connectivity index (χ0v) is 12.5. The van der Waals surface area contributed by atoms with Crippen LogP contribution >= 0.6 is 11.8 Å². The Morgan fingerprint density at radius 1 is 1.22 bits per heavy atom. The summed E-state index contributed by atoms with van der Waals surface area (Å²) in [6, 6.07) is 7.58. The monoisotopic (exact) mass is 263 g/mol. The van der Waals surface area contributed by atoms with Gasteiger partial charge in [0.05, 0.1) is 0 Å². The third kappa shape index (κ3) is 3.76. The molecule has 1 aromatic rings. The maximum Gasteiger partial charge on any atom is 0.0291 e. The van der Waals surface area contributed by atoms with Gasteiger partial charge in [0.15, 0.2) is 0 Å². The van der Waals surface area contributed by atoms with E-state index in [1.165, 1.54) is 43.4 Å². The summed E-state index contributed by atoms with van der Waals surface area (Å²) in [7, 11) is 0. The molecule has 0 aromatic heterocycles. The Morgan fingerprint density at radius 3 is 2.78 bits per heavy atom. The fourth-order valence-corrected chi connectivity index (χ4v) is 3.11. The van der Waals surface area contributed by atoms with Crippen LogP contribution in [0.1, 0.15) is 48.9 Å². The first-order chi connectivity index (χ1) is 8.81. The molecule has 1 unspecified atom stereocenters. The van der Waals surface area contributed by atoms with Crippen molar-refractivity contribution in [3.8, 4) is 0 Å². The zero-order chi connectivity index (χ0) is 12.8. The van der Waals surface area contributed by atoms with Crippen molar-refractivity contribution < 1.29 is 0 Å². The van der Waals surface area contributed by atoms with Gasteiger partial charge < -0.3 is 5.32 Å². The quantitative estimate of drug-likeness (QED) is 0.779. The highest BCUT2D eigenvalue weighted by atomic mass is 32.2. The Morgan fingerprint density at radius 2 is 2.00 bits per heavy atom. The van der Waals surface area contributed by atoms with E-state index in [1.807, 2.05) is 11.8 Å². The van der Waals surface area contributed by atoms with Crippen molar-refractivity contribution in [1.82, 2.24) is 5.32 Å². The molecule has 2 rings (SSSR count). The van der Waals surface area contributed by atoms with Crippen LogP contribution in [-0.2, 0) is 12.8 Å². The van der Waals surface area contributed by atoms with E-state index in [2.05, 4.69) is 36.7 Å². The minimum absolute atomic E-state index is 0.485. The van der Waals surface area contributed by atoms with Crippen molar-refractivity contribution in [3.05, 3.63) is 34.9 Å². The minimum atomic E-state index is 0.485. The van der Waals surface area contributed by atoms with Crippen LogP contribution in [-0.4, -0.2) is 18.6 Å². The van der Waals surface area contributed by atoms with Gasteiger partial charge >= 0.3 is 0 Å². The molecule has 0 spiro atoms. The molecule has 1 aliphatic rings. The second kappa shape index (κ2) is 7.20. The number of rotatable bonds is 6. The molecule has 0 bridgehead atoms. The van der Waals surface area contributed by atoms with E-state index in [1.54, 1.807) is 11.1 Å². The average molecular weight is 263 g/mol. The summed E-state index contributed by atoms with van der Waals surface area (Å²) in [6.45, 7) is 3.41. The Labute approximate surface area is 116 Å². The van der Waals surface area contributed by atoms with Gasteiger partial charge in [-0.2, -0.15) is 11.8 Å². The maximum absolute atomic E-state index is 3.63. The lowest BCUT2D eigenvalue weighted by atomic mass is 9.89. The predicted molar refractivity (Wildman–Crippen MR) is 82.5 cm³/mol. The second-order valence-electron chi connectivity index (χ2n) is 5.26. The molecule has 0 saturated heterocycles. The molecule has 1 aromatic carbocycles. The molecule has 18 heavy (non-hydrogen) atoms. The predicted octanol–water partition coefficient (Wildman–Crippen LogP) is 3.97. The molecule has 1 atom stereocenters. The molecule has 0 radical (unpaired) electrons. The van der Waals surface area contributed by atoms with Gasteiger partial charge in [-0.1, -0.05) is 18.2 Å². The summed E-state index contributed by atoms with van der Waals surface area (Å²) in [4.78, 5) is 0. The highest BCUT2D eigenvalue weighted by Crippen LogP contribution is 2.24. The molecular weight excluding hydrogens is 238 g/mol. The number of hydrogen-bond donors (Lipinski definition) is 1. The smallest absolute Gasteiger partial charge is 0.0291 e. The Balaban J connectivity index is 1.91. The van der Waals surface area contributed by atoms with Crippen LogP contribution < -0.4 is 5.32 Å². The van der Waals surface area contributed by atoms with Gasteiger partial charge in [-0.3, -0.25) is 0 Å². The molecule has 2 heteroatoms. The molecule has 0 saturated carbocycles. The molecular formula is C16H25NS. The van der Waals surface area contributed by atoms with Crippen molar-refractivity contribution in [2.45, 2.75) is 45.1 Å². The fraction of sp³-hybridized carbons (Fsp3) is 0.625. The summed E-state index contributed by atoms with van der Waals surface area (Å²) in [5.41, 5.74) is 4.64. The summed E-state index contributed by atoms with van der Waals surface area (Å²) < 4.78 is 0. The van der Waals surface area contributed by atoms with Gasteiger partial charge in [-0.25, -0.2) is 0 Å². The SMILES string of the molecule is CSCCCNC(C)c1ccc2c(c1)CCCC2. The topological polar surface area (TPSA) is 12.0 Å². The molecule has 1 nitrogen and oxygen atoms in total. The van der Waals surface area contributed by atoms with Gasteiger partial charge in [0, 0.05) is 6.04 Å². The molecule has 0 aliphatic heterocycles. The first kappa shape index (κ1) is 14.0. The molecule has 0 heterocycles. The van der Waals surface area contributed by atoms with Gasteiger partial charge in [0.1, 0.15) is 0 Å². The second-order valence-corrected chi connectivity index (χ2v) is 6.24. The largest absolute Gasteiger partial charge is 0.310 e. The van der Waals surface area contributed by atoms with E-state index in [0.29, 0.717) is 6.04 Å². The van der Waals surface area contributed by atoms with Crippen LogP contribution in [0.15, 0.2) is 18.2 Å². The highest BCUT2D eigenvalue weighted by molar-refractivity contribution is 7.98. The fourth-order valence-electron chi connectivity index (χ4n) is 2.68. The highest BCUT2D eigenvalue weighted by Gasteiger charge is 2.11. The lowest BCUT2D eigenvalue weighted by Gasteiger charge is -2.20. The van der Waals surface area contributed by atoms with Gasteiger partial charge in [-0.05, 0) is 74.3 Å². The minimum Gasteiger partial charge on any atom is -0.310 e. The Hall–Kier alpha value is -0.470. The summed E-state index contributed by atoms with van der Waals surface area (Å²) in [5.74, 6) is 1.25. The molecule has 1 N–H and O–H groups in total. The zero-order valence-electron chi connectivity index (χ0n) is 11.7. The maximum atomic E-state index is 3.63. The summed E-state index contributed by atoms with van der Waals surface area (Å²) >= 11 is 1.93. The van der Waals surface area contributed by atoms with Crippen LogP contribution in [0.2, 0.25) is 0 Å². The first-order valence-electron chi connectivity index (χ1n) is 7.15. The van der Waals surface area contributed by atoms with Gasteiger partial charge in [-0.15, -0.1) is 0 Å². The Kier molecular flexibility index (Phi) is 5.58.